The Kier molecular flexibility index (Phi) is 4.13. The fourth-order valence-electron chi connectivity index (χ4n) is 1.76. The topological polar surface area (TPSA) is 38.1 Å². The van der Waals surface area contributed by atoms with Gasteiger partial charge in [-0.25, -0.2) is 0 Å². The summed E-state index contributed by atoms with van der Waals surface area (Å²) in [6, 6.07) is 9.93. The van der Waals surface area contributed by atoms with Gasteiger partial charge in [-0.15, -0.1) is 0 Å². The van der Waals surface area contributed by atoms with Crippen LogP contribution in [0.15, 0.2) is 48.8 Å². The Labute approximate surface area is 113 Å². The van der Waals surface area contributed by atoms with Crippen molar-refractivity contribution in [2.45, 2.75) is 6.54 Å². The zero-order valence-electron chi connectivity index (χ0n) is 11.2. The minimum absolute atomic E-state index is 0.0206. The normalized spacial score (nSPS) is 10.8. The van der Waals surface area contributed by atoms with Crippen LogP contribution in [0.1, 0.15) is 11.1 Å². The molecule has 2 aromatic rings. The van der Waals surface area contributed by atoms with Gasteiger partial charge in [0.15, 0.2) is 0 Å². The smallest absolute Gasteiger partial charge is 0.246 e. The molecular weight excluding hydrogens is 238 g/mol. The molecule has 98 valence electrons. The predicted molar refractivity (Wildman–Crippen MR) is 75.2 cm³/mol. The summed E-state index contributed by atoms with van der Waals surface area (Å²) in [6.07, 6.45) is 6.93. The second-order valence-electron chi connectivity index (χ2n) is 4.46. The number of aromatic nitrogens is 2. The first-order chi connectivity index (χ1) is 9.15. The molecule has 1 heterocycles. The minimum atomic E-state index is -0.0206. The van der Waals surface area contributed by atoms with E-state index >= 15 is 0 Å². The van der Waals surface area contributed by atoms with Gasteiger partial charge in [0.1, 0.15) is 0 Å². The number of nitrogens with zero attached hydrogens (tertiary/aromatic N) is 3. The largest absolute Gasteiger partial charge is 0.338 e. The minimum Gasteiger partial charge on any atom is -0.338 e. The van der Waals surface area contributed by atoms with E-state index in [1.165, 1.54) is 0 Å². The van der Waals surface area contributed by atoms with Gasteiger partial charge in [0.25, 0.3) is 0 Å². The van der Waals surface area contributed by atoms with Gasteiger partial charge in [-0.1, -0.05) is 30.3 Å². The number of aryl methyl sites for hydroxylation is 1. The van der Waals surface area contributed by atoms with E-state index in [1.54, 1.807) is 35.0 Å². The summed E-state index contributed by atoms with van der Waals surface area (Å²) in [7, 11) is 3.64. The lowest BCUT2D eigenvalue weighted by Crippen LogP contribution is -2.23. The van der Waals surface area contributed by atoms with Crippen LogP contribution in [0.4, 0.5) is 0 Å². The summed E-state index contributed by atoms with van der Waals surface area (Å²) in [5.74, 6) is -0.0206. The maximum Gasteiger partial charge on any atom is 0.246 e. The third-order valence-electron chi connectivity index (χ3n) is 2.78. The molecule has 0 N–H and O–H groups in total. The number of carbonyl (C=O) groups excluding carboxylic acids is 1. The van der Waals surface area contributed by atoms with Crippen molar-refractivity contribution in [2.75, 3.05) is 7.05 Å². The van der Waals surface area contributed by atoms with Crippen molar-refractivity contribution in [3.8, 4) is 0 Å². The average Bonchev–Trinajstić information content (AvgIpc) is 2.83. The summed E-state index contributed by atoms with van der Waals surface area (Å²) in [4.78, 5) is 13.6. The number of benzene rings is 1. The molecule has 19 heavy (non-hydrogen) atoms. The summed E-state index contributed by atoms with van der Waals surface area (Å²) >= 11 is 0. The van der Waals surface area contributed by atoms with Gasteiger partial charge in [-0.05, 0) is 11.6 Å². The highest BCUT2D eigenvalue weighted by Crippen LogP contribution is 2.04. The molecular formula is C15H17N3O. The Morgan fingerprint density at radius 2 is 2.11 bits per heavy atom. The third-order valence-corrected chi connectivity index (χ3v) is 2.78. The summed E-state index contributed by atoms with van der Waals surface area (Å²) < 4.78 is 1.71. The molecule has 0 bridgehead atoms. The van der Waals surface area contributed by atoms with Crippen molar-refractivity contribution in [3.05, 3.63) is 59.9 Å². The summed E-state index contributed by atoms with van der Waals surface area (Å²) in [5.41, 5.74) is 2.04. The zero-order chi connectivity index (χ0) is 13.7. The first-order valence-corrected chi connectivity index (χ1v) is 6.11. The van der Waals surface area contributed by atoms with E-state index in [4.69, 9.17) is 0 Å². The second-order valence-corrected chi connectivity index (χ2v) is 4.46. The molecule has 2 rings (SSSR count). The van der Waals surface area contributed by atoms with E-state index < -0.39 is 0 Å². The Hall–Kier alpha value is -2.36. The molecule has 0 saturated carbocycles. The van der Waals surface area contributed by atoms with Crippen molar-refractivity contribution in [3.63, 3.8) is 0 Å². The maximum absolute atomic E-state index is 11.9. The number of carbonyl (C=O) groups is 1. The number of hydrogen-bond acceptors (Lipinski definition) is 2. The van der Waals surface area contributed by atoms with E-state index in [9.17, 15) is 4.79 Å². The molecule has 0 atom stereocenters. The van der Waals surface area contributed by atoms with Gasteiger partial charge in [0.2, 0.25) is 5.91 Å². The number of rotatable bonds is 4. The molecule has 0 spiro atoms. The highest BCUT2D eigenvalue weighted by molar-refractivity contribution is 5.91. The lowest BCUT2D eigenvalue weighted by atomic mass is 10.2. The number of hydrogen-bond donors (Lipinski definition) is 0. The molecule has 1 aromatic carbocycles. The number of amides is 1. The van der Waals surface area contributed by atoms with Crippen LogP contribution >= 0.6 is 0 Å². The SMILES string of the molecule is CN(Cc1ccccc1)C(=O)/C=C/c1cnn(C)c1. The Morgan fingerprint density at radius 1 is 1.37 bits per heavy atom. The van der Waals surface area contributed by atoms with E-state index in [0.717, 1.165) is 11.1 Å². The van der Waals surface area contributed by atoms with Gasteiger partial charge < -0.3 is 4.90 Å². The van der Waals surface area contributed by atoms with Crippen molar-refractivity contribution < 1.29 is 4.79 Å². The van der Waals surface area contributed by atoms with E-state index in [-0.39, 0.29) is 5.91 Å². The van der Waals surface area contributed by atoms with Gasteiger partial charge in [-0.2, -0.15) is 5.10 Å². The molecule has 0 radical (unpaired) electrons. The quantitative estimate of drug-likeness (QED) is 0.785. The zero-order valence-corrected chi connectivity index (χ0v) is 11.2. The van der Waals surface area contributed by atoms with Crippen LogP contribution in [0.3, 0.4) is 0 Å². The summed E-state index contributed by atoms with van der Waals surface area (Å²) in [6.45, 7) is 0.608. The molecule has 4 nitrogen and oxygen atoms in total. The van der Waals surface area contributed by atoms with Crippen LogP contribution in [0.25, 0.3) is 6.08 Å². The molecule has 4 heteroatoms. The van der Waals surface area contributed by atoms with Crippen LogP contribution in [0.5, 0.6) is 0 Å². The monoisotopic (exact) mass is 255 g/mol. The molecule has 0 aliphatic carbocycles. The van der Waals surface area contributed by atoms with Crippen LogP contribution < -0.4 is 0 Å². The molecule has 0 aliphatic heterocycles. The van der Waals surface area contributed by atoms with Crippen LogP contribution in [0.2, 0.25) is 0 Å². The van der Waals surface area contributed by atoms with E-state index in [2.05, 4.69) is 5.10 Å². The average molecular weight is 255 g/mol. The van der Waals surface area contributed by atoms with Crippen molar-refractivity contribution in [1.82, 2.24) is 14.7 Å². The van der Waals surface area contributed by atoms with E-state index in [1.807, 2.05) is 43.6 Å². The van der Waals surface area contributed by atoms with Crippen LogP contribution in [0, 0.1) is 0 Å². The molecule has 1 amide bonds. The van der Waals surface area contributed by atoms with E-state index in [0.29, 0.717) is 6.54 Å². The molecule has 0 unspecified atom stereocenters. The van der Waals surface area contributed by atoms with Crippen molar-refractivity contribution in [1.29, 1.82) is 0 Å². The lowest BCUT2D eigenvalue weighted by molar-refractivity contribution is -0.125. The Balaban J connectivity index is 1.94. The van der Waals surface area contributed by atoms with Crippen molar-refractivity contribution >= 4 is 12.0 Å². The Morgan fingerprint density at radius 3 is 2.74 bits per heavy atom. The fraction of sp³-hybridized carbons (Fsp3) is 0.200. The molecule has 0 fully saturated rings. The number of likely N-dealkylation sites (N-methyl/N-ethyl adjacent to an activating group) is 1. The second kappa shape index (κ2) is 6.00. The van der Waals surface area contributed by atoms with Crippen LogP contribution in [-0.2, 0) is 18.4 Å². The van der Waals surface area contributed by atoms with Gasteiger partial charge >= 0.3 is 0 Å². The van der Waals surface area contributed by atoms with Gasteiger partial charge in [-0.3, -0.25) is 9.48 Å². The maximum atomic E-state index is 11.9. The summed E-state index contributed by atoms with van der Waals surface area (Å²) in [5, 5.41) is 4.05. The standard InChI is InChI=1S/C15H17N3O/c1-17(11-13-6-4-3-5-7-13)15(19)9-8-14-10-16-18(2)12-14/h3-10,12H,11H2,1-2H3/b9-8+. The van der Waals surface area contributed by atoms with Gasteiger partial charge in [0.05, 0.1) is 6.20 Å². The first kappa shape index (κ1) is 13.1. The molecule has 1 aromatic heterocycles. The molecule has 0 aliphatic rings. The first-order valence-electron chi connectivity index (χ1n) is 6.11. The highest BCUT2D eigenvalue weighted by Gasteiger charge is 2.05. The van der Waals surface area contributed by atoms with Crippen molar-refractivity contribution in [2.24, 2.45) is 7.05 Å². The Bertz CT molecular complexity index is 572. The lowest BCUT2D eigenvalue weighted by Gasteiger charge is -2.14. The predicted octanol–water partition coefficient (Wildman–Crippen LogP) is 2.09. The fourth-order valence-corrected chi connectivity index (χ4v) is 1.76. The highest BCUT2D eigenvalue weighted by atomic mass is 16.2. The van der Waals surface area contributed by atoms with Gasteiger partial charge in [0, 0.05) is 38.5 Å². The molecule has 0 saturated heterocycles. The van der Waals surface area contributed by atoms with Crippen LogP contribution in [-0.4, -0.2) is 27.6 Å². The third kappa shape index (κ3) is 3.81.